The minimum absolute atomic E-state index is 0.195. The third-order valence-corrected chi connectivity index (χ3v) is 6.91. The molecule has 1 aromatic heterocycles. The summed E-state index contributed by atoms with van der Waals surface area (Å²) < 4.78 is 5.79. The quantitative estimate of drug-likeness (QED) is 0.456. The Morgan fingerprint density at radius 1 is 1.13 bits per heavy atom. The zero-order chi connectivity index (χ0) is 21.3. The summed E-state index contributed by atoms with van der Waals surface area (Å²) >= 11 is 0. The lowest BCUT2D eigenvalue weighted by molar-refractivity contribution is -0.138. The first kappa shape index (κ1) is 18.9. The highest BCUT2D eigenvalue weighted by Gasteiger charge is 2.55. The molecule has 0 aromatic carbocycles. The first-order valence-electron chi connectivity index (χ1n) is 10.0. The van der Waals surface area contributed by atoms with Gasteiger partial charge in [0.1, 0.15) is 18.1 Å². The summed E-state index contributed by atoms with van der Waals surface area (Å²) in [6.45, 7) is 1.33. The molecular formula is C23H21NO6. The van der Waals surface area contributed by atoms with Crippen molar-refractivity contribution in [2.24, 2.45) is 17.8 Å². The van der Waals surface area contributed by atoms with Gasteiger partial charge in [-0.25, -0.2) is 0 Å². The Hall–Kier alpha value is -3.06. The number of amides is 2. The molecule has 1 N–H and O–H groups in total. The highest BCUT2D eigenvalue weighted by Crippen LogP contribution is 2.54. The molecule has 7 heteroatoms. The first-order chi connectivity index (χ1) is 14.3. The summed E-state index contributed by atoms with van der Waals surface area (Å²) in [7, 11) is 1.50. The SMILES string of the molecule is CC1=CC(=O)C2=C(CC3C(=CCC4C(=O)N(C)C(=O)C43)C2c2ccc(CO)o2)C1=O. The van der Waals surface area contributed by atoms with Crippen molar-refractivity contribution in [3.8, 4) is 0 Å². The van der Waals surface area contributed by atoms with Crippen LogP contribution < -0.4 is 0 Å². The van der Waals surface area contributed by atoms with Gasteiger partial charge in [0.05, 0.1) is 17.8 Å². The molecule has 1 fully saturated rings. The van der Waals surface area contributed by atoms with Crippen LogP contribution in [0.4, 0.5) is 0 Å². The Balaban J connectivity index is 1.70. The van der Waals surface area contributed by atoms with Crippen LogP contribution in [0.1, 0.15) is 37.2 Å². The van der Waals surface area contributed by atoms with Crippen LogP contribution in [0.2, 0.25) is 0 Å². The number of furan rings is 1. The van der Waals surface area contributed by atoms with Crippen LogP contribution in [0.5, 0.6) is 0 Å². The second kappa shape index (κ2) is 6.47. The van der Waals surface area contributed by atoms with Crippen LogP contribution in [-0.4, -0.2) is 40.4 Å². The van der Waals surface area contributed by atoms with Crippen molar-refractivity contribution in [3.63, 3.8) is 0 Å². The molecule has 4 atom stereocenters. The van der Waals surface area contributed by atoms with Crippen LogP contribution in [0.3, 0.4) is 0 Å². The molecule has 1 aliphatic heterocycles. The topological polar surface area (TPSA) is 105 Å². The van der Waals surface area contributed by atoms with Crippen molar-refractivity contribution in [2.45, 2.75) is 32.3 Å². The van der Waals surface area contributed by atoms with Gasteiger partial charge in [0.2, 0.25) is 11.8 Å². The van der Waals surface area contributed by atoms with E-state index in [4.69, 9.17) is 4.42 Å². The van der Waals surface area contributed by atoms with Gasteiger partial charge in [0, 0.05) is 23.8 Å². The zero-order valence-electron chi connectivity index (χ0n) is 16.7. The molecule has 0 radical (unpaired) electrons. The third-order valence-electron chi connectivity index (χ3n) is 6.91. The second-order valence-electron chi connectivity index (χ2n) is 8.43. The van der Waals surface area contributed by atoms with Crippen molar-refractivity contribution < 1.29 is 28.7 Å². The normalized spacial score (nSPS) is 30.8. The van der Waals surface area contributed by atoms with Gasteiger partial charge in [-0.2, -0.15) is 0 Å². The van der Waals surface area contributed by atoms with Gasteiger partial charge in [0.25, 0.3) is 0 Å². The van der Waals surface area contributed by atoms with E-state index in [1.807, 2.05) is 6.08 Å². The van der Waals surface area contributed by atoms with E-state index >= 15 is 0 Å². The number of imide groups is 1. The van der Waals surface area contributed by atoms with E-state index in [9.17, 15) is 24.3 Å². The molecule has 0 saturated carbocycles. The van der Waals surface area contributed by atoms with Crippen molar-refractivity contribution in [2.75, 3.05) is 7.05 Å². The molecule has 0 bridgehead atoms. The number of carbonyl (C=O) groups excluding carboxylic acids is 4. The van der Waals surface area contributed by atoms with Crippen molar-refractivity contribution in [3.05, 3.63) is 58.1 Å². The monoisotopic (exact) mass is 407 g/mol. The standard InChI is InChI=1S/C23H21NO6/c1-10-7-16(26)19-15(21(10)27)8-14-12(20(19)17-6-3-11(9-25)30-17)4-5-13-18(14)23(29)24(2)22(13)28/h3-4,6-7,13-14,18,20,25H,5,8-9H2,1-2H3. The Kier molecular flexibility index (Phi) is 4.08. The summed E-state index contributed by atoms with van der Waals surface area (Å²) in [5.41, 5.74) is 2.01. The molecule has 5 rings (SSSR count). The number of aliphatic hydroxyl groups is 1. The van der Waals surface area contributed by atoms with Gasteiger partial charge in [-0.3, -0.25) is 24.1 Å². The minimum Gasteiger partial charge on any atom is -0.463 e. The summed E-state index contributed by atoms with van der Waals surface area (Å²) in [6.07, 6.45) is 3.97. The highest BCUT2D eigenvalue weighted by molar-refractivity contribution is 6.23. The van der Waals surface area contributed by atoms with E-state index in [1.165, 1.54) is 18.0 Å². The molecule has 1 saturated heterocycles. The number of ketones is 2. The number of fused-ring (bicyclic) bond motifs is 3. The zero-order valence-corrected chi connectivity index (χ0v) is 16.7. The van der Waals surface area contributed by atoms with E-state index in [0.29, 0.717) is 34.7 Å². The van der Waals surface area contributed by atoms with Crippen molar-refractivity contribution in [1.82, 2.24) is 4.90 Å². The number of rotatable bonds is 2. The number of allylic oxidation sites excluding steroid dienone is 6. The Morgan fingerprint density at radius 3 is 2.60 bits per heavy atom. The number of carbonyl (C=O) groups is 4. The van der Waals surface area contributed by atoms with Crippen LogP contribution in [0.15, 0.2) is 51.0 Å². The van der Waals surface area contributed by atoms with E-state index in [2.05, 4.69) is 0 Å². The Morgan fingerprint density at radius 2 is 1.90 bits per heavy atom. The molecule has 1 aromatic rings. The number of hydrogen-bond acceptors (Lipinski definition) is 6. The molecule has 154 valence electrons. The Bertz CT molecular complexity index is 1120. The molecule has 2 heterocycles. The van der Waals surface area contributed by atoms with E-state index in [1.54, 1.807) is 19.1 Å². The van der Waals surface area contributed by atoms with Gasteiger partial charge in [0.15, 0.2) is 11.6 Å². The largest absolute Gasteiger partial charge is 0.463 e. The predicted octanol–water partition coefficient (Wildman–Crippen LogP) is 1.83. The van der Waals surface area contributed by atoms with Gasteiger partial charge >= 0.3 is 0 Å². The lowest BCUT2D eigenvalue weighted by atomic mass is 9.60. The fourth-order valence-corrected chi connectivity index (χ4v) is 5.50. The summed E-state index contributed by atoms with van der Waals surface area (Å²) in [4.78, 5) is 52.6. The maximum atomic E-state index is 13.0. The number of Topliss-reactive ketones (excluding diaryl/α,β-unsaturated/α-hetero) is 1. The molecule has 4 aliphatic rings. The number of likely N-dealkylation sites (tertiary alicyclic amines) is 1. The maximum Gasteiger partial charge on any atom is 0.233 e. The van der Waals surface area contributed by atoms with E-state index in [0.717, 1.165) is 5.57 Å². The molecule has 4 unspecified atom stereocenters. The third kappa shape index (κ3) is 2.41. The van der Waals surface area contributed by atoms with Gasteiger partial charge in [-0.05, 0) is 43.9 Å². The van der Waals surface area contributed by atoms with Crippen LogP contribution >= 0.6 is 0 Å². The van der Waals surface area contributed by atoms with Gasteiger partial charge in [-0.1, -0.05) is 11.6 Å². The predicted molar refractivity (Wildman–Crippen MR) is 104 cm³/mol. The summed E-state index contributed by atoms with van der Waals surface area (Å²) in [5, 5.41) is 9.42. The molecule has 2 amide bonds. The van der Waals surface area contributed by atoms with Gasteiger partial charge in [-0.15, -0.1) is 0 Å². The molecule has 7 nitrogen and oxygen atoms in total. The van der Waals surface area contributed by atoms with E-state index in [-0.39, 0.29) is 42.3 Å². The number of nitrogens with zero attached hydrogens (tertiary/aromatic N) is 1. The lowest BCUT2D eigenvalue weighted by Crippen LogP contribution is -2.39. The van der Waals surface area contributed by atoms with Crippen LogP contribution in [0.25, 0.3) is 0 Å². The minimum atomic E-state index is -0.602. The lowest BCUT2D eigenvalue weighted by Gasteiger charge is -2.41. The summed E-state index contributed by atoms with van der Waals surface area (Å²) in [5.74, 6) is -1.97. The smallest absolute Gasteiger partial charge is 0.233 e. The maximum absolute atomic E-state index is 13.0. The molecular weight excluding hydrogens is 386 g/mol. The molecule has 30 heavy (non-hydrogen) atoms. The molecule has 0 spiro atoms. The van der Waals surface area contributed by atoms with Crippen molar-refractivity contribution in [1.29, 1.82) is 0 Å². The average Bonchev–Trinajstić information content (AvgIpc) is 3.30. The van der Waals surface area contributed by atoms with Crippen LogP contribution in [0, 0.1) is 17.8 Å². The Labute approximate surface area is 172 Å². The fourth-order valence-electron chi connectivity index (χ4n) is 5.50. The number of aliphatic hydroxyl groups excluding tert-OH is 1. The average molecular weight is 407 g/mol. The fraction of sp³-hybridized carbons (Fsp3) is 0.391. The van der Waals surface area contributed by atoms with Crippen molar-refractivity contribution >= 4 is 23.4 Å². The van der Waals surface area contributed by atoms with E-state index < -0.39 is 17.8 Å². The number of hydrogen-bond donors (Lipinski definition) is 1. The highest BCUT2D eigenvalue weighted by atomic mass is 16.4. The molecule has 3 aliphatic carbocycles. The van der Waals surface area contributed by atoms with Crippen LogP contribution in [-0.2, 0) is 25.8 Å². The van der Waals surface area contributed by atoms with Gasteiger partial charge < -0.3 is 9.52 Å². The first-order valence-corrected chi connectivity index (χ1v) is 10.0. The second-order valence-corrected chi connectivity index (χ2v) is 8.43. The summed E-state index contributed by atoms with van der Waals surface area (Å²) in [6, 6.07) is 3.34.